The van der Waals surface area contributed by atoms with Gasteiger partial charge in [0.05, 0.1) is 23.9 Å². The van der Waals surface area contributed by atoms with E-state index in [2.05, 4.69) is 162 Å². The number of aliphatic imine (C=N–C) groups is 2. The van der Waals surface area contributed by atoms with Crippen molar-refractivity contribution < 1.29 is 0 Å². The number of nitriles is 1. The topological polar surface area (TPSA) is 48.5 Å². The van der Waals surface area contributed by atoms with Crippen molar-refractivity contribution in [1.82, 2.24) is 0 Å². The van der Waals surface area contributed by atoms with E-state index in [1.54, 1.807) is 11.8 Å². The molecule has 258 valence electrons. The molecule has 0 radical (unpaired) electrons. The van der Waals surface area contributed by atoms with Crippen LogP contribution in [0.4, 0.5) is 0 Å². The highest BCUT2D eigenvalue weighted by molar-refractivity contribution is 7.99. The maximum absolute atomic E-state index is 9.75. The van der Waals surface area contributed by atoms with Crippen molar-refractivity contribution in [3.8, 4) is 28.3 Å². The van der Waals surface area contributed by atoms with Crippen LogP contribution in [0, 0.1) is 17.2 Å². The van der Waals surface area contributed by atoms with Crippen molar-refractivity contribution in [1.29, 1.82) is 5.26 Å². The Bertz CT molecular complexity index is 2570. The SMILES string of the molecule is CCC(C)C(=NC(=NCc1ccccc1)c1ccc2c(c1)C(C)(C)c1ccccc1-2)c1ccc2c(c1)C1(C)c3ccc(C#N)cc3Sc3cccc-2c31. The van der Waals surface area contributed by atoms with Gasteiger partial charge in [-0.25, -0.2) is 4.99 Å². The molecule has 0 N–H and O–H groups in total. The summed E-state index contributed by atoms with van der Waals surface area (Å²) in [5.41, 5.74) is 16.4. The largest absolute Gasteiger partial charge is 0.261 e. The van der Waals surface area contributed by atoms with Gasteiger partial charge in [0.15, 0.2) is 5.84 Å². The molecule has 2 aliphatic carbocycles. The summed E-state index contributed by atoms with van der Waals surface area (Å²) in [5, 5.41) is 9.75. The Hall–Kier alpha value is -5.50. The maximum atomic E-state index is 9.75. The van der Waals surface area contributed by atoms with Gasteiger partial charge in [-0.05, 0) is 111 Å². The molecule has 0 amide bonds. The molecule has 2 atom stereocenters. The maximum Gasteiger partial charge on any atom is 0.155 e. The van der Waals surface area contributed by atoms with E-state index in [0.29, 0.717) is 12.1 Å². The molecule has 1 aliphatic heterocycles. The number of fused-ring (bicyclic) bond motifs is 8. The summed E-state index contributed by atoms with van der Waals surface area (Å²) in [4.78, 5) is 13.3. The summed E-state index contributed by atoms with van der Waals surface area (Å²) >= 11 is 1.78. The van der Waals surface area contributed by atoms with Crippen LogP contribution in [0.15, 0.2) is 147 Å². The van der Waals surface area contributed by atoms with Gasteiger partial charge in [-0.2, -0.15) is 5.26 Å². The summed E-state index contributed by atoms with van der Waals surface area (Å²) in [6, 6.07) is 48.3. The molecule has 3 nitrogen and oxygen atoms in total. The molecule has 0 bridgehead atoms. The van der Waals surface area contributed by atoms with E-state index >= 15 is 0 Å². The van der Waals surface area contributed by atoms with E-state index in [-0.39, 0.29) is 16.7 Å². The number of rotatable bonds is 6. The molecule has 2 unspecified atom stereocenters. The zero-order valence-corrected chi connectivity index (χ0v) is 31.7. The third kappa shape index (κ3) is 5.17. The van der Waals surface area contributed by atoms with Gasteiger partial charge in [-0.15, -0.1) is 0 Å². The molecule has 53 heavy (non-hydrogen) atoms. The molecule has 6 aromatic carbocycles. The van der Waals surface area contributed by atoms with Crippen molar-refractivity contribution >= 4 is 23.3 Å². The fourth-order valence-electron chi connectivity index (χ4n) is 8.88. The van der Waals surface area contributed by atoms with E-state index in [9.17, 15) is 5.26 Å². The summed E-state index contributed by atoms with van der Waals surface area (Å²) in [6.45, 7) is 12.1. The van der Waals surface area contributed by atoms with Crippen LogP contribution in [0.2, 0.25) is 0 Å². The number of hydrogen-bond donors (Lipinski definition) is 0. The number of benzene rings is 6. The van der Waals surface area contributed by atoms with Gasteiger partial charge in [0.2, 0.25) is 0 Å². The third-order valence-corrected chi connectivity index (χ3v) is 13.1. The van der Waals surface area contributed by atoms with Crippen LogP contribution in [0.1, 0.15) is 91.1 Å². The Morgan fingerprint density at radius 3 is 2.17 bits per heavy atom. The highest BCUT2D eigenvalue weighted by atomic mass is 32.2. The van der Waals surface area contributed by atoms with Crippen molar-refractivity contribution in [2.75, 3.05) is 0 Å². The minimum Gasteiger partial charge on any atom is -0.261 e. The van der Waals surface area contributed by atoms with Gasteiger partial charge in [0, 0.05) is 26.2 Å². The fraction of sp³-hybridized carbons (Fsp3) is 0.204. The van der Waals surface area contributed by atoms with Crippen LogP contribution in [0.5, 0.6) is 0 Å². The van der Waals surface area contributed by atoms with Crippen LogP contribution < -0.4 is 0 Å². The summed E-state index contributed by atoms with van der Waals surface area (Å²) in [5.74, 6) is 0.962. The van der Waals surface area contributed by atoms with Gasteiger partial charge in [0.25, 0.3) is 0 Å². The molecule has 0 spiro atoms. The molecule has 4 heteroatoms. The van der Waals surface area contributed by atoms with Crippen LogP contribution in [0.3, 0.4) is 0 Å². The van der Waals surface area contributed by atoms with E-state index < -0.39 is 0 Å². The third-order valence-electron chi connectivity index (χ3n) is 11.9. The van der Waals surface area contributed by atoms with Gasteiger partial charge >= 0.3 is 0 Å². The van der Waals surface area contributed by atoms with Crippen molar-refractivity contribution in [2.24, 2.45) is 15.9 Å². The predicted octanol–water partition coefficient (Wildman–Crippen LogP) is 12.1. The van der Waals surface area contributed by atoms with Crippen LogP contribution in [0.25, 0.3) is 22.3 Å². The lowest BCUT2D eigenvalue weighted by atomic mass is 9.73. The lowest BCUT2D eigenvalue weighted by Gasteiger charge is -2.35. The van der Waals surface area contributed by atoms with Crippen molar-refractivity contribution in [2.45, 2.75) is 68.2 Å². The Kier molecular flexibility index (Phi) is 7.91. The zero-order chi connectivity index (χ0) is 36.5. The molecule has 0 aromatic heterocycles. The standard InChI is InChI=1S/C49H41N3S/c1-6-30(2)46(33-20-22-37-38-16-12-18-43-45(38)49(5,42(37)26-33)40-24-19-32(28-50)25-44(40)53-43)52-47(51-29-31-13-8-7-9-14-31)34-21-23-36-35-15-10-11-17-39(35)48(3,4)41(36)27-34/h7-27,30H,6,29H2,1-5H3. The number of nitrogens with zero attached hydrogens (tertiary/aromatic N) is 3. The minimum atomic E-state index is -0.350. The summed E-state index contributed by atoms with van der Waals surface area (Å²) < 4.78 is 0. The van der Waals surface area contributed by atoms with Crippen LogP contribution in [-0.2, 0) is 17.4 Å². The quantitative estimate of drug-likeness (QED) is 0.128. The summed E-state index contributed by atoms with van der Waals surface area (Å²) in [6.07, 6.45) is 0.951. The van der Waals surface area contributed by atoms with Crippen LogP contribution in [-0.4, -0.2) is 11.5 Å². The van der Waals surface area contributed by atoms with E-state index in [4.69, 9.17) is 9.98 Å². The second kappa shape index (κ2) is 12.6. The first-order valence-corrected chi connectivity index (χ1v) is 19.5. The van der Waals surface area contributed by atoms with Gasteiger partial charge < -0.3 is 0 Å². The molecule has 6 aromatic rings. The number of hydrogen-bond acceptors (Lipinski definition) is 3. The highest BCUT2D eigenvalue weighted by Crippen LogP contribution is 2.61. The highest BCUT2D eigenvalue weighted by Gasteiger charge is 2.46. The Balaban J connectivity index is 1.21. The van der Waals surface area contributed by atoms with Gasteiger partial charge in [-0.3, -0.25) is 4.99 Å². The molecule has 3 aliphatic rings. The Morgan fingerprint density at radius 2 is 1.38 bits per heavy atom. The fourth-order valence-corrected chi connectivity index (χ4v) is 10.2. The molecule has 0 saturated heterocycles. The van der Waals surface area contributed by atoms with Gasteiger partial charge in [0.1, 0.15) is 0 Å². The average Bonchev–Trinajstić information content (AvgIpc) is 3.59. The summed E-state index contributed by atoms with van der Waals surface area (Å²) in [7, 11) is 0. The van der Waals surface area contributed by atoms with Crippen molar-refractivity contribution in [3.05, 3.63) is 177 Å². The van der Waals surface area contributed by atoms with Gasteiger partial charge in [-0.1, -0.05) is 137 Å². The normalized spacial score (nSPS) is 18.0. The van der Waals surface area contributed by atoms with Crippen LogP contribution >= 0.6 is 11.8 Å². The first-order valence-electron chi connectivity index (χ1n) is 18.6. The first kappa shape index (κ1) is 33.3. The Morgan fingerprint density at radius 1 is 0.679 bits per heavy atom. The molecular formula is C49H41N3S. The van der Waals surface area contributed by atoms with E-state index in [1.165, 1.54) is 55.0 Å². The monoisotopic (exact) mass is 703 g/mol. The van der Waals surface area contributed by atoms with E-state index in [0.717, 1.165) is 39.6 Å². The molecule has 1 heterocycles. The first-order chi connectivity index (χ1) is 25.7. The smallest absolute Gasteiger partial charge is 0.155 e. The Labute approximate surface area is 317 Å². The zero-order valence-electron chi connectivity index (χ0n) is 30.9. The second-order valence-electron chi connectivity index (χ2n) is 15.4. The van der Waals surface area contributed by atoms with E-state index in [1.807, 2.05) is 6.07 Å². The second-order valence-corrected chi connectivity index (χ2v) is 16.4. The predicted molar refractivity (Wildman–Crippen MR) is 219 cm³/mol. The molecule has 9 rings (SSSR count). The molecule has 0 fully saturated rings. The molecule has 0 saturated carbocycles. The van der Waals surface area contributed by atoms with Crippen molar-refractivity contribution in [3.63, 3.8) is 0 Å². The minimum absolute atomic E-state index is 0.123. The lowest BCUT2D eigenvalue weighted by molar-refractivity contribution is 0.660. The lowest BCUT2D eigenvalue weighted by Crippen LogP contribution is -2.27. The average molecular weight is 704 g/mol. The number of amidine groups is 1. The molecular weight excluding hydrogens is 663 g/mol.